The fourth-order valence-corrected chi connectivity index (χ4v) is 7.12. The average molecular weight is 559 g/mol. The molecule has 0 aliphatic carbocycles. The molecule has 10 heteroatoms. The van der Waals surface area contributed by atoms with E-state index in [4.69, 9.17) is 20.2 Å². The number of carbonyl (C=O) groups excluding carboxylic acids is 1. The van der Waals surface area contributed by atoms with Crippen molar-refractivity contribution in [1.29, 1.82) is 0 Å². The molecule has 5 heterocycles. The number of methoxy groups -OCH3 is 1. The van der Waals surface area contributed by atoms with E-state index in [1.165, 1.54) is 55.7 Å². The Morgan fingerprint density at radius 2 is 2.00 bits per heavy atom. The van der Waals surface area contributed by atoms with Crippen LogP contribution in [0.5, 0.6) is 11.6 Å². The maximum atomic E-state index is 12.4. The van der Waals surface area contributed by atoms with E-state index in [0.29, 0.717) is 45.3 Å². The highest BCUT2D eigenvalue weighted by Crippen LogP contribution is 2.43. The molecule has 1 aromatic carbocycles. The van der Waals surface area contributed by atoms with E-state index in [9.17, 15) is 4.79 Å². The molecule has 3 aromatic heterocycles. The first-order chi connectivity index (χ1) is 19.4. The minimum atomic E-state index is -0.537. The predicted octanol–water partition coefficient (Wildman–Crippen LogP) is 5.73. The maximum Gasteiger partial charge on any atom is 0.259 e. The van der Waals surface area contributed by atoms with Crippen molar-refractivity contribution in [3.8, 4) is 22.8 Å². The van der Waals surface area contributed by atoms with Crippen molar-refractivity contribution in [1.82, 2.24) is 19.9 Å². The number of amides is 1. The molecule has 2 aliphatic rings. The minimum Gasteiger partial charge on any atom is -0.489 e. The summed E-state index contributed by atoms with van der Waals surface area (Å²) in [6, 6.07) is 10.7. The van der Waals surface area contributed by atoms with Gasteiger partial charge < -0.3 is 20.5 Å². The number of anilines is 2. The minimum absolute atomic E-state index is 0.00757. The quantitative estimate of drug-likeness (QED) is 0.282. The Kier molecular flexibility index (Phi) is 7.29. The lowest BCUT2D eigenvalue weighted by Crippen LogP contribution is -2.39. The molecule has 208 valence electrons. The van der Waals surface area contributed by atoms with Gasteiger partial charge in [0, 0.05) is 23.4 Å². The highest BCUT2D eigenvalue weighted by atomic mass is 32.1. The number of carbonyl (C=O) groups is 1. The van der Waals surface area contributed by atoms with Crippen LogP contribution in [0.25, 0.3) is 21.3 Å². The van der Waals surface area contributed by atoms with Gasteiger partial charge in [-0.05, 0) is 88.4 Å². The summed E-state index contributed by atoms with van der Waals surface area (Å²) in [6.45, 7) is 6.48. The predicted molar refractivity (Wildman–Crippen MR) is 158 cm³/mol. The lowest BCUT2D eigenvalue weighted by molar-refractivity contribution is 0.100. The first kappa shape index (κ1) is 26.5. The fraction of sp³-hybridized carbons (Fsp3) is 0.400. The van der Waals surface area contributed by atoms with E-state index in [1.54, 1.807) is 25.6 Å². The lowest BCUT2D eigenvalue weighted by Gasteiger charge is -2.37. The number of rotatable bonds is 8. The molecular weight excluding hydrogens is 524 g/mol. The Balaban J connectivity index is 1.38. The number of hydrogen-bond donors (Lipinski definition) is 2. The number of nitrogens with zero attached hydrogens (tertiary/aromatic N) is 4. The normalized spacial score (nSPS) is 19.1. The van der Waals surface area contributed by atoms with E-state index in [2.05, 4.69) is 38.4 Å². The monoisotopic (exact) mass is 558 g/mol. The number of aromatic nitrogens is 3. The zero-order chi connectivity index (χ0) is 27.8. The van der Waals surface area contributed by atoms with E-state index < -0.39 is 5.91 Å². The van der Waals surface area contributed by atoms with Crippen molar-refractivity contribution >= 4 is 39.1 Å². The standard InChI is InChI=1S/C30H34N6O3S/c1-17(2)39-23-15-18(19-8-5-13-36-14-6-9-22(19)36)10-11-21(23)34-30-33-16-24-26(35-30)25(27(40-24)28(31)37)20-7-4-12-32-29(20)38-3/h4,7,10-12,15-17,19,22H,5-6,8-9,13-14H2,1-3H3,(H2,31,37)(H,33,34,35)/t19-,22-/m0/s1. The summed E-state index contributed by atoms with van der Waals surface area (Å²) in [7, 11) is 1.55. The number of primary amides is 1. The molecular formula is C30H34N6O3S. The van der Waals surface area contributed by atoms with Crippen LogP contribution in [0, 0.1) is 0 Å². The molecule has 2 saturated heterocycles. The molecule has 0 bridgehead atoms. The topological polar surface area (TPSA) is 115 Å². The van der Waals surface area contributed by atoms with Crippen molar-refractivity contribution in [2.75, 3.05) is 25.5 Å². The zero-order valence-electron chi connectivity index (χ0n) is 23.0. The summed E-state index contributed by atoms with van der Waals surface area (Å²) >= 11 is 1.26. The number of nitrogens with two attached hydrogens (primary N) is 1. The van der Waals surface area contributed by atoms with E-state index in [-0.39, 0.29) is 6.10 Å². The van der Waals surface area contributed by atoms with Gasteiger partial charge in [-0.1, -0.05) is 6.07 Å². The van der Waals surface area contributed by atoms with Crippen molar-refractivity contribution in [3.05, 3.63) is 53.2 Å². The van der Waals surface area contributed by atoms with Crippen LogP contribution < -0.4 is 20.5 Å². The number of ether oxygens (including phenoxy) is 2. The molecule has 0 spiro atoms. The van der Waals surface area contributed by atoms with Crippen molar-refractivity contribution in [3.63, 3.8) is 0 Å². The summed E-state index contributed by atoms with van der Waals surface area (Å²) in [5, 5.41) is 3.38. The summed E-state index contributed by atoms with van der Waals surface area (Å²) in [4.78, 5) is 29.1. The summed E-state index contributed by atoms with van der Waals surface area (Å²) in [6.07, 6.45) is 8.33. The van der Waals surface area contributed by atoms with Crippen molar-refractivity contribution in [2.24, 2.45) is 5.73 Å². The Bertz CT molecular complexity index is 1550. The zero-order valence-corrected chi connectivity index (χ0v) is 23.8. The van der Waals surface area contributed by atoms with Gasteiger partial charge in [-0.2, -0.15) is 0 Å². The molecule has 2 fully saturated rings. The van der Waals surface area contributed by atoms with Gasteiger partial charge in [-0.25, -0.2) is 15.0 Å². The number of thiophene rings is 1. The van der Waals surface area contributed by atoms with Crippen molar-refractivity contribution < 1.29 is 14.3 Å². The van der Waals surface area contributed by atoms with Crippen LogP contribution in [-0.2, 0) is 0 Å². The molecule has 2 atom stereocenters. The third-order valence-corrected chi connectivity index (χ3v) is 8.90. The van der Waals surface area contributed by atoms with Crippen LogP contribution in [-0.4, -0.2) is 58.1 Å². The summed E-state index contributed by atoms with van der Waals surface area (Å²) in [5.74, 6) is 1.55. The van der Waals surface area contributed by atoms with E-state index in [1.807, 2.05) is 19.9 Å². The SMILES string of the molecule is COc1ncccc1-c1c(C(N)=O)sc2cnc(Nc3ccc([C@@H]4CCCN5CCC[C@@H]45)cc3OC(C)C)nc12. The van der Waals surface area contributed by atoms with Gasteiger partial charge >= 0.3 is 0 Å². The second-order valence-corrected chi connectivity index (χ2v) is 11.7. The van der Waals surface area contributed by atoms with Crippen LogP contribution in [0.3, 0.4) is 0 Å². The number of hydrogen-bond acceptors (Lipinski definition) is 9. The molecule has 4 aromatic rings. The summed E-state index contributed by atoms with van der Waals surface area (Å²) in [5.41, 5.74) is 9.73. The van der Waals surface area contributed by atoms with Gasteiger partial charge in [0.25, 0.3) is 5.91 Å². The highest BCUT2D eigenvalue weighted by Gasteiger charge is 2.35. The third-order valence-electron chi connectivity index (χ3n) is 7.77. The number of pyridine rings is 1. The van der Waals surface area contributed by atoms with Gasteiger partial charge in [0.15, 0.2) is 0 Å². The first-order valence-electron chi connectivity index (χ1n) is 13.8. The maximum absolute atomic E-state index is 12.4. The van der Waals surface area contributed by atoms with Crippen LogP contribution in [0.2, 0.25) is 0 Å². The van der Waals surface area contributed by atoms with Gasteiger partial charge in [0.05, 0.1) is 35.3 Å². The van der Waals surface area contributed by atoms with Gasteiger partial charge in [0.2, 0.25) is 11.8 Å². The third kappa shape index (κ3) is 4.97. The Labute approximate surface area is 237 Å². The Morgan fingerprint density at radius 1 is 1.18 bits per heavy atom. The highest BCUT2D eigenvalue weighted by molar-refractivity contribution is 7.21. The molecule has 0 unspecified atom stereocenters. The van der Waals surface area contributed by atoms with E-state index in [0.717, 1.165) is 16.1 Å². The lowest BCUT2D eigenvalue weighted by atomic mass is 9.83. The number of piperidine rings is 1. The van der Waals surface area contributed by atoms with Crippen LogP contribution in [0.4, 0.5) is 11.6 Å². The second kappa shape index (κ2) is 11.0. The molecule has 40 heavy (non-hydrogen) atoms. The number of nitrogens with one attached hydrogen (secondary N) is 1. The molecule has 9 nitrogen and oxygen atoms in total. The van der Waals surface area contributed by atoms with Gasteiger partial charge in [-0.15, -0.1) is 11.3 Å². The fourth-order valence-electron chi connectivity index (χ4n) is 6.15. The molecule has 0 saturated carbocycles. The molecule has 0 radical (unpaired) electrons. The Hall–Kier alpha value is -3.76. The van der Waals surface area contributed by atoms with E-state index >= 15 is 0 Å². The van der Waals surface area contributed by atoms with Crippen LogP contribution >= 0.6 is 11.3 Å². The smallest absolute Gasteiger partial charge is 0.259 e. The molecule has 2 aliphatic heterocycles. The van der Waals surface area contributed by atoms with Crippen molar-refractivity contribution in [2.45, 2.75) is 57.6 Å². The first-order valence-corrected chi connectivity index (χ1v) is 14.6. The Morgan fingerprint density at radius 3 is 2.77 bits per heavy atom. The molecule has 1 amide bonds. The summed E-state index contributed by atoms with van der Waals surface area (Å²) < 4.78 is 12.5. The van der Waals surface area contributed by atoms with Gasteiger partial charge in [-0.3, -0.25) is 9.69 Å². The molecule has 6 rings (SSSR count). The number of fused-ring (bicyclic) bond motifs is 2. The average Bonchev–Trinajstić information content (AvgIpc) is 3.58. The number of benzene rings is 1. The van der Waals surface area contributed by atoms with Gasteiger partial charge in [0.1, 0.15) is 10.6 Å². The largest absolute Gasteiger partial charge is 0.489 e. The second-order valence-electron chi connectivity index (χ2n) is 10.7. The van der Waals surface area contributed by atoms with Crippen LogP contribution in [0.15, 0.2) is 42.7 Å². The molecule has 3 N–H and O–H groups in total. The van der Waals surface area contributed by atoms with Crippen LogP contribution in [0.1, 0.15) is 60.7 Å².